The molecule has 0 saturated carbocycles. The topological polar surface area (TPSA) is 47.6 Å². The Morgan fingerprint density at radius 2 is 1.48 bits per heavy atom. The molecule has 1 saturated heterocycles. The Morgan fingerprint density at radius 1 is 0.889 bits per heavy atom. The second-order valence-corrected chi connectivity index (χ2v) is 9.02. The number of hydrogen-bond acceptors (Lipinski definition) is 4. The third kappa shape index (κ3) is 3.57. The van der Waals surface area contributed by atoms with Gasteiger partial charge in [-0.15, -0.1) is 0 Å². The molecule has 4 rings (SSSR count). The Labute approximate surface area is 159 Å². The summed E-state index contributed by atoms with van der Waals surface area (Å²) in [6.07, 6.45) is 0. The first kappa shape index (κ1) is 18.0. The molecular weight excluding hydrogens is 357 g/mol. The van der Waals surface area contributed by atoms with Gasteiger partial charge in [-0.05, 0) is 35.4 Å². The van der Waals surface area contributed by atoms with Crippen molar-refractivity contribution >= 4 is 12.7 Å². The van der Waals surface area contributed by atoms with E-state index in [1.807, 2.05) is 72.8 Å². The van der Waals surface area contributed by atoms with Crippen molar-refractivity contribution in [2.45, 2.75) is 11.8 Å². The predicted octanol–water partition coefficient (Wildman–Crippen LogP) is 4.66. The highest BCUT2D eigenvalue weighted by Gasteiger charge is 2.43. The molecule has 3 aromatic carbocycles. The van der Waals surface area contributed by atoms with E-state index in [-0.39, 0.29) is 6.04 Å². The molecule has 0 aromatic heterocycles. The summed E-state index contributed by atoms with van der Waals surface area (Å²) in [7, 11) is -1.53. The molecule has 0 amide bonds. The van der Waals surface area contributed by atoms with Gasteiger partial charge >= 0.3 is 0 Å². The Balaban J connectivity index is 1.73. The van der Waals surface area contributed by atoms with Crippen LogP contribution >= 0.6 is 7.37 Å². The van der Waals surface area contributed by atoms with E-state index in [2.05, 4.69) is 17.4 Å². The third-order valence-electron chi connectivity index (χ3n) is 4.88. The molecule has 3 atom stereocenters. The summed E-state index contributed by atoms with van der Waals surface area (Å²) >= 11 is 0. The van der Waals surface area contributed by atoms with Crippen LogP contribution in [0.3, 0.4) is 0 Å². The van der Waals surface area contributed by atoms with Crippen molar-refractivity contribution in [2.75, 3.05) is 13.7 Å². The lowest BCUT2D eigenvalue weighted by Gasteiger charge is -2.38. The van der Waals surface area contributed by atoms with Gasteiger partial charge in [0.1, 0.15) is 11.5 Å². The molecule has 138 valence electrons. The van der Waals surface area contributed by atoms with Gasteiger partial charge in [0.15, 0.2) is 0 Å². The summed E-state index contributed by atoms with van der Waals surface area (Å²) in [5.74, 6) is 0.319. The largest absolute Gasteiger partial charge is 0.497 e. The molecule has 1 heterocycles. The maximum Gasteiger partial charge on any atom is 0.253 e. The van der Waals surface area contributed by atoms with E-state index in [4.69, 9.17) is 9.26 Å². The third-order valence-corrected chi connectivity index (χ3v) is 7.56. The van der Waals surface area contributed by atoms with E-state index >= 15 is 0 Å². The first-order valence-electron chi connectivity index (χ1n) is 8.95. The van der Waals surface area contributed by atoms with Gasteiger partial charge in [-0.25, -0.2) is 0 Å². The summed E-state index contributed by atoms with van der Waals surface area (Å²) in [4.78, 5) is 0. The monoisotopic (exact) mass is 379 g/mol. The van der Waals surface area contributed by atoms with Crippen molar-refractivity contribution < 1.29 is 13.8 Å². The van der Waals surface area contributed by atoms with E-state index in [1.165, 1.54) is 0 Å². The van der Waals surface area contributed by atoms with Gasteiger partial charge in [-0.3, -0.25) is 9.88 Å². The lowest BCUT2D eigenvalue weighted by Crippen LogP contribution is -2.37. The smallest absolute Gasteiger partial charge is 0.253 e. The van der Waals surface area contributed by atoms with Gasteiger partial charge in [0.05, 0.1) is 19.8 Å². The van der Waals surface area contributed by atoms with Crippen LogP contribution in [0, 0.1) is 0 Å². The Kier molecular flexibility index (Phi) is 5.13. The van der Waals surface area contributed by atoms with Crippen molar-refractivity contribution in [3.63, 3.8) is 0 Å². The fraction of sp³-hybridized carbons (Fsp3) is 0.182. The van der Waals surface area contributed by atoms with Crippen molar-refractivity contribution in [1.29, 1.82) is 0 Å². The van der Waals surface area contributed by atoms with Crippen molar-refractivity contribution in [3.8, 4) is 5.75 Å². The number of rotatable bonds is 4. The summed E-state index contributed by atoms with van der Waals surface area (Å²) < 4.78 is 25.4. The Hall–Kier alpha value is -2.39. The summed E-state index contributed by atoms with van der Waals surface area (Å²) in [6.45, 7) is 0.358. The normalized spacial score (nSPS) is 25.1. The first-order valence-corrected chi connectivity index (χ1v) is 10.6. The van der Waals surface area contributed by atoms with Crippen LogP contribution in [0.2, 0.25) is 0 Å². The molecule has 3 aromatic rings. The highest BCUT2D eigenvalue weighted by molar-refractivity contribution is 7.67. The van der Waals surface area contributed by atoms with Gasteiger partial charge < -0.3 is 9.26 Å². The van der Waals surface area contributed by atoms with Crippen LogP contribution in [0.15, 0.2) is 84.9 Å². The van der Waals surface area contributed by atoms with Gasteiger partial charge in [-0.2, -0.15) is 0 Å². The van der Waals surface area contributed by atoms with Gasteiger partial charge in [0.2, 0.25) is 0 Å². The zero-order valence-corrected chi connectivity index (χ0v) is 16.0. The van der Waals surface area contributed by atoms with E-state index in [0.717, 1.165) is 16.9 Å². The number of benzene rings is 3. The lowest BCUT2D eigenvalue weighted by molar-refractivity contribution is 0.227. The summed E-state index contributed by atoms with van der Waals surface area (Å²) in [5.41, 5.74) is 2.08. The molecule has 0 bridgehead atoms. The minimum Gasteiger partial charge on any atom is -0.497 e. The average molecular weight is 379 g/mol. The summed E-state index contributed by atoms with van der Waals surface area (Å²) in [5, 5.41) is 4.28. The van der Waals surface area contributed by atoms with Crippen molar-refractivity contribution in [2.24, 2.45) is 0 Å². The lowest BCUT2D eigenvalue weighted by atomic mass is 10.1. The average Bonchev–Trinajstić information content (AvgIpc) is 2.75. The maximum atomic E-state index is 14.0. The Morgan fingerprint density at radius 3 is 2.07 bits per heavy atom. The summed E-state index contributed by atoms with van der Waals surface area (Å²) in [6, 6.07) is 27.3. The van der Waals surface area contributed by atoms with E-state index in [9.17, 15) is 4.57 Å². The van der Waals surface area contributed by atoms with E-state index in [1.54, 1.807) is 7.11 Å². The van der Waals surface area contributed by atoms with Crippen molar-refractivity contribution in [3.05, 3.63) is 96.1 Å². The van der Waals surface area contributed by atoms with E-state index < -0.39 is 13.2 Å². The molecule has 1 aliphatic rings. The minimum atomic E-state index is -3.15. The molecule has 4 nitrogen and oxygen atoms in total. The highest BCUT2D eigenvalue weighted by Crippen LogP contribution is 2.61. The molecule has 0 radical (unpaired) electrons. The quantitative estimate of drug-likeness (QED) is 0.670. The number of methoxy groups -OCH3 is 1. The van der Waals surface area contributed by atoms with Gasteiger partial charge in [0.25, 0.3) is 7.37 Å². The fourth-order valence-corrected chi connectivity index (χ4v) is 5.89. The van der Waals surface area contributed by atoms with Crippen LogP contribution in [-0.2, 0) is 9.09 Å². The SMILES string of the molecule is COc1ccc(P2(=O)OC[C@H](c3ccccc3)N[C@@H]2c2ccccc2)cc1. The number of ether oxygens (including phenoxy) is 1. The first-order chi connectivity index (χ1) is 13.2. The molecule has 5 heteroatoms. The molecular formula is C22H22NO3P. The second-order valence-electron chi connectivity index (χ2n) is 6.53. The zero-order chi connectivity index (χ0) is 18.7. The van der Waals surface area contributed by atoms with Crippen molar-refractivity contribution in [1.82, 2.24) is 5.32 Å². The van der Waals surface area contributed by atoms with Crippen LogP contribution in [0.4, 0.5) is 0 Å². The standard InChI is InChI=1S/C22H22NO3P/c1-25-19-12-14-20(15-13-19)27(24)22(18-10-6-3-7-11-18)23-21(16-26-27)17-8-4-2-5-9-17/h2-15,21-23H,16H2,1H3/t21-,22+,27?/m1/s1. The Bertz CT molecular complexity index is 929. The van der Waals surface area contributed by atoms with Crippen LogP contribution in [-0.4, -0.2) is 13.7 Å². The van der Waals surface area contributed by atoms with Crippen LogP contribution in [0.25, 0.3) is 0 Å². The van der Waals surface area contributed by atoms with Crippen LogP contribution in [0.1, 0.15) is 23.0 Å². The molecule has 0 aliphatic carbocycles. The molecule has 0 spiro atoms. The van der Waals surface area contributed by atoms with Crippen LogP contribution in [0.5, 0.6) is 5.75 Å². The molecule has 1 fully saturated rings. The second kappa shape index (κ2) is 7.69. The highest BCUT2D eigenvalue weighted by atomic mass is 31.2. The number of hydrogen-bond donors (Lipinski definition) is 1. The maximum absolute atomic E-state index is 14.0. The predicted molar refractivity (Wildman–Crippen MR) is 108 cm³/mol. The van der Waals surface area contributed by atoms with E-state index in [0.29, 0.717) is 11.9 Å². The zero-order valence-electron chi connectivity index (χ0n) is 15.1. The molecule has 1 N–H and O–H groups in total. The van der Waals surface area contributed by atoms with Crippen LogP contribution < -0.4 is 15.4 Å². The van der Waals surface area contributed by atoms with Gasteiger partial charge in [-0.1, -0.05) is 60.7 Å². The fourth-order valence-electron chi connectivity index (χ4n) is 3.42. The number of nitrogens with one attached hydrogen (secondary N) is 1. The minimum absolute atomic E-state index is 0.0169. The van der Waals surface area contributed by atoms with Gasteiger partial charge in [0, 0.05) is 5.30 Å². The molecule has 27 heavy (non-hydrogen) atoms. The molecule has 1 unspecified atom stereocenters. The molecule has 1 aliphatic heterocycles.